The van der Waals surface area contributed by atoms with E-state index in [4.69, 9.17) is 11.6 Å². The van der Waals surface area contributed by atoms with Crippen molar-refractivity contribution in [2.45, 2.75) is 25.3 Å². The molecule has 16 heavy (non-hydrogen) atoms. The van der Waals surface area contributed by atoms with Gasteiger partial charge in [0.15, 0.2) is 0 Å². The number of alkyl halides is 2. The van der Waals surface area contributed by atoms with Crippen LogP contribution in [0.1, 0.15) is 25.0 Å². The second-order valence-electron chi connectivity index (χ2n) is 4.20. The number of hydrogen-bond donors (Lipinski definition) is 0. The average Bonchev–Trinajstić information content (AvgIpc) is 2.14. The Balaban J connectivity index is 2.81. The van der Waals surface area contributed by atoms with Gasteiger partial charge in [0.2, 0.25) is 0 Å². The maximum absolute atomic E-state index is 14.0. The summed E-state index contributed by atoms with van der Waals surface area (Å²) in [7, 11) is 0. The SMILES string of the molecule is CC1(C)N=C(Cl)c2cccc(F)c2C1(F)F. The van der Waals surface area contributed by atoms with Crippen LogP contribution in [0.5, 0.6) is 0 Å². The number of halogens is 4. The molecule has 1 heterocycles. The van der Waals surface area contributed by atoms with Gasteiger partial charge in [-0.3, -0.25) is 4.99 Å². The standard InChI is InChI=1S/C11H9ClF3N/c1-10(2)11(14,15)8-6(9(12)16-10)4-3-5-7(8)13/h3-5H,1-2H3. The molecular formula is C11H9ClF3N. The van der Waals surface area contributed by atoms with Gasteiger partial charge in [0.1, 0.15) is 16.5 Å². The van der Waals surface area contributed by atoms with Gasteiger partial charge in [-0.1, -0.05) is 23.7 Å². The molecule has 86 valence electrons. The zero-order chi connectivity index (χ0) is 12.1. The van der Waals surface area contributed by atoms with Crippen LogP contribution >= 0.6 is 11.6 Å². The van der Waals surface area contributed by atoms with Crippen molar-refractivity contribution in [2.75, 3.05) is 0 Å². The highest BCUT2D eigenvalue weighted by atomic mass is 35.5. The van der Waals surface area contributed by atoms with E-state index in [9.17, 15) is 13.2 Å². The topological polar surface area (TPSA) is 12.4 Å². The van der Waals surface area contributed by atoms with Gasteiger partial charge in [-0.25, -0.2) is 4.39 Å². The molecule has 0 N–H and O–H groups in total. The molecule has 0 unspecified atom stereocenters. The van der Waals surface area contributed by atoms with Gasteiger partial charge >= 0.3 is 5.92 Å². The predicted octanol–water partition coefficient (Wildman–Crippen LogP) is 3.70. The third-order valence-corrected chi connectivity index (χ3v) is 2.98. The van der Waals surface area contributed by atoms with Crippen LogP contribution in [0, 0.1) is 5.82 Å². The van der Waals surface area contributed by atoms with Crippen LogP contribution in [0.4, 0.5) is 13.2 Å². The summed E-state index contributed by atoms with van der Waals surface area (Å²) < 4.78 is 41.5. The van der Waals surface area contributed by atoms with Crippen LogP contribution < -0.4 is 0 Å². The third-order valence-electron chi connectivity index (χ3n) is 2.70. The largest absolute Gasteiger partial charge is 0.300 e. The average molecular weight is 248 g/mol. The van der Waals surface area contributed by atoms with E-state index in [-0.39, 0.29) is 10.7 Å². The smallest absolute Gasteiger partial charge is 0.260 e. The quantitative estimate of drug-likeness (QED) is 0.663. The lowest BCUT2D eigenvalue weighted by molar-refractivity contribution is -0.0708. The molecule has 0 saturated heterocycles. The van der Waals surface area contributed by atoms with Crippen LogP contribution in [0.25, 0.3) is 0 Å². The van der Waals surface area contributed by atoms with Crippen molar-refractivity contribution in [3.8, 4) is 0 Å². The molecule has 2 rings (SSSR count). The summed E-state index contributed by atoms with van der Waals surface area (Å²) in [4.78, 5) is 3.72. The number of aliphatic imine (C=N–C) groups is 1. The summed E-state index contributed by atoms with van der Waals surface area (Å²) in [5.41, 5.74) is -2.44. The molecule has 0 radical (unpaired) electrons. The van der Waals surface area contributed by atoms with Crippen molar-refractivity contribution in [1.29, 1.82) is 0 Å². The fourth-order valence-electron chi connectivity index (χ4n) is 1.70. The van der Waals surface area contributed by atoms with E-state index in [1.165, 1.54) is 26.0 Å². The summed E-state index contributed by atoms with van der Waals surface area (Å²) in [5.74, 6) is -4.32. The van der Waals surface area contributed by atoms with E-state index in [1.54, 1.807) is 0 Å². The normalized spacial score (nSPS) is 21.2. The third kappa shape index (κ3) is 1.36. The van der Waals surface area contributed by atoms with E-state index in [0.717, 1.165) is 6.07 Å². The summed E-state index contributed by atoms with van der Waals surface area (Å²) in [5, 5.41) is -0.0783. The molecule has 0 saturated carbocycles. The van der Waals surface area contributed by atoms with Crippen molar-refractivity contribution < 1.29 is 13.2 Å². The van der Waals surface area contributed by atoms with Gasteiger partial charge in [-0.15, -0.1) is 0 Å². The Labute approximate surface area is 95.9 Å². The zero-order valence-corrected chi connectivity index (χ0v) is 9.45. The van der Waals surface area contributed by atoms with E-state index >= 15 is 0 Å². The summed E-state index contributed by atoms with van der Waals surface area (Å²) >= 11 is 5.78. The Morgan fingerprint density at radius 3 is 2.50 bits per heavy atom. The highest BCUT2D eigenvalue weighted by Crippen LogP contribution is 2.47. The van der Waals surface area contributed by atoms with Crippen molar-refractivity contribution in [1.82, 2.24) is 0 Å². The zero-order valence-electron chi connectivity index (χ0n) is 8.69. The number of fused-ring (bicyclic) bond motifs is 1. The Kier molecular flexibility index (Phi) is 2.31. The van der Waals surface area contributed by atoms with Crippen molar-refractivity contribution in [2.24, 2.45) is 4.99 Å². The highest BCUT2D eigenvalue weighted by Gasteiger charge is 2.54. The van der Waals surface area contributed by atoms with Crippen LogP contribution in [-0.2, 0) is 5.92 Å². The molecule has 1 aliphatic rings. The number of rotatable bonds is 0. The van der Waals surface area contributed by atoms with Crippen LogP contribution in [0.2, 0.25) is 0 Å². The number of hydrogen-bond acceptors (Lipinski definition) is 1. The van der Waals surface area contributed by atoms with Crippen LogP contribution in [0.15, 0.2) is 23.2 Å². The van der Waals surface area contributed by atoms with Gasteiger partial charge in [0.05, 0.1) is 5.56 Å². The molecule has 1 nitrogen and oxygen atoms in total. The van der Waals surface area contributed by atoms with Crippen molar-refractivity contribution >= 4 is 16.8 Å². The minimum absolute atomic E-state index is 0.0361. The van der Waals surface area contributed by atoms with Gasteiger partial charge in [-0.2, -0.15) is 8.78 Å². The Hall–Kier alpha value is -1.03. The van der Waals surface area contributed by atoms with E-state index in [2.05, 4.69) is 4.99 Å². The molecular weight excluding hydrogens is 239 g/mol. The molecule has 0 spiro atoms. The van der Waals surface area contributed by atoms with Gasteiger partial charge < -0.3 is 0 Å². The Morgan fingerprint density at radius 2 is 1.88 bits per heavy atom. The molecule has 0 bridgehead atoms. The van der Waals surface area contributed by atoms with Crippen LogP contribution in [-0.4, -0.2) is 10.7 Å². The van der Waals surface area contributed by atoms with Crippen molar-refractivity contribution in [3.63, 3.8) is 0 Å². The first-order valence-electron chi connectivity index (χ1n) is 4.70. The maximum Gasteiger partial charge on any atom is 0.300 e. The first kappa shape index (κ1) is 11.5. The fraction of sp³-hybridized carbons (Fsp3) is 0.364. The van der Waals surface area contributed by atoms with Gasteiger partial charge in [0.25, 0.3) is 0 Å². The first-order chi connectivity index (χ1) is 7.27. The molecule has 1 aromatic carbocycles. The Morgan fingerprint density at radius 1 is 1.25 bits per heavy atom. The lowest BCUT2D eigenvalue weighted by Gasteiger charge is -2.35. The summed E-state index contributed by atoms with van der Waals surface area (Å²) in [6.45, 7) is 2.45. The number of nitrogens with zero attached hydrogens (tertiary/aromatic N) is 1. The van der Waals surface area contributed by atoms with E-state index in [0.29, 0.717) is 0 Å². The second-order valence-corrected chi connectivity index (χ2v) is 4.56. The summed E-state index contributed by atoms with van der Waals surface area (Å²) in [6.07, 6.45) is 0. The highest BCUT2D eigenvalue weighted by molar-refractivity contribution is 6.70. The van der Waals surface area contributed by atoms with E-state index in [1.807, 2.05) is 0 Å². The molecule has 1 aromatic rings. The van der Waals surface area contributed by atoms with Crippen molar-refractivity contribution in [3.05, 3.63) is 35.1 Å². The molecule has 0 amide bonds. The molecule has 0 atom stereocenters. The van der Waals surface area contributed by atoms with Gasteiger partial charge in [0, 0.05) is 5.56 Å². The lowest BCUT2D eigenvalue weighted by Crippen LogP contribution is -2.44. The first-order valence-corrected chi connectivity index (χ1v) is 5.08. The Bertz CT molecular complexity index is 480. The molecule has 5 heteroatoms. The van der Waals surface area contributed by atoms with E-state index < -0.39 is 22.8 Å². The number of benzene rings is 1. The molecule has 0 aliphatic carbocycles. The molecule has 0 aromatic heterocycles. The van der Waals surface area contributed by atoms with Gasteiger partial charge in [-0.05, 0) is 19.9 Å². The second kappa shape index (κ2) is 3.23. The minimum Gasteiger partial charge on any atom is -0.260 e. The summed E-state index contributed by atoms with van der Waals surface area (Å²) in [6, 6.07) is 3.67. The molecule has 1 aliphatic heterocycles. The molecule has 0 fully saturated rings. The monoisotopic (exact) mass is 247 g/mol. The fourth-order valence-corrected chi connectivity index (χ4v) is 2.07. The lowest BCUT2D eigenvalue weighted by atomic mass is 9.85. The van der Waals surface area contributed by atoms with Crippen LogP contribution in [0.3, 0.4) is 0 Å². The minimum atomic E-state index is -3.37. The maximum atomic E-state index is 14.0. The predicted molar refractivity (Wildman–Crippen MR) is 56.8 cm³/mol.